The Morgan fingerprint density at radius 2 is 0.956 bits per heavy atom. The normalized spacial score (nSPS) is 10.9. The molecule has 0 aliphatic heterocycles. The molecule has 0 aliphatic rings. The fourth-order valence-corrected chi connectivity index (χ4v) is 3.49. The Labute approximate surface area is 264 Å². The SMILES string of the molecule is O=c1[nH]c(O)c(N=Nc2cc(SOOO)ccc2O)c(=O)[nH]1.O=c1[nH]c(O)c(N=Nc2cc(SOOO)ccc2O)c(=O)[nH]1.[Ni]. The summed E-state index contributed by atoms with van der Waals surface area (Å²) in [6.45, 7) is 0. The molecule has 10 N–H and O–H groups in total. The van der Waals surface area contributed by atoms with Crippen molar-refractivity contribution in [1.82, 2.24) is 19.9 Å². The minimum atomic E-state index is -0.952. The van der Waals surface area contributed by atoms with E-state index in [4.69, 9.17) is 10.5 Å². The van der Waals surface area contributed by atoms with Gasteiger partial charge < -0.3 is 20.4 Å². The van der Waals surface area contributed by atoms with Gasteiger partial charge in [-0.05, 0) is 36.4 Å². The molecule has 0 atom stereocenters. The predicted octanol–water partition coefficient (Wildman–Crippen LogP) is 2.63. The standard InChI is InChI=1S/2C10H8N4O7S.Ni/c2*15-6-2-1-4(22-21-20-19)3-5(6)13-14-7-8(16)11-10(18)12-9(7)17;/h2*1-3,15,19H,(H3,11,12,16,17,18);. The molecule has 0 fully saturated rings. The summed E-state index contributed by atoms with van der Waals surface area (Å²) in [6.07, 6.45) is 0. The number of phenols is 2. The summed E-state index contributed by atoms with van der Waals surface area (Å²) in [6, 6.07) is 7.99. The molecule has 0 unspecified atom stereocenters. The van der Waals surface area contributed by atoms with Crippen molar-refractivity contribution in [2.24, 2.45) is 20.5 Å². The van der Waals surface area contributed by atoms with Gasteiger partial charge in [-0.1, -0.05) is 10.1 Å². The van der Waals surface area contributed by atoms with E-state index in [2.05, 4.69) is 39.2 Å². The molecule has 0 saturated heterocycles. The molecule has 4 aromatic rings. The number of phenolic OH excluding ortho intramolecular Hbond substituents is 2. The van der Waals surface area contributed by atoms with Crippen molar-refractivity contribution < 1.29 is 66.2 Å². The maximum absolute atomic E-state index is 11.5. The first-order valence-electron chi connectivity index (χ1n) is 10.9. The summed E-state index contributed by atoms with van der Waals surface area (Å²) in [4.78, 5) is 53.1. The van der Waals surface area contributed by atoms with E-state index in [0.717, 1.165) is 0 Å². The number of H-pyrrole nitrogens is 4. The summed E-state index contributed by atoms with van der Waals surface area (Å²) in [5.74, 6) is -2.06. The van der Waals surface area contributed by atoms with Gasteiger partial charge in [-0.25, -0.2) is 20.1 Å². The maximum atomic E-state index is 11.5. The van der Waals surface area contributed by atoms with Gasteiger partial charge in [0.15, 0.2) is 0 Å². The minimum absolute atomic E-state index is 0. The Balaban J connectivity index is 0.000000307. The van der Waals surface area contributed by atoms with Crippen LogP contribution in [0.1, 0.15) is 0 Å². The van der Waals surface area contributed by atoms with E-state index in [1.54, 1.807) is 0 Å². The van der Waals surface area contributed by atoms with Crippen LogP contribution in [0.5, 0.6) is 23.3 Å². The van der Waals surface area contributed by atoms with Crippen LogP contribution in [0.4, 0.5) is 22.7 Å². The zero-order valence-electron chi connectivity index (χ0n) is 21.3. The molecule has 4 rings (SSSR count). The van der Waals surface area contributed by atoms with E-state index in [1.807, 2.05) is 19.9 Å². The van der Waals surface area contributed by atoms with E-state index in [-0.39, 0.29) is 39.4 Å². The number of aromatic nitrogens is 4. The molecule has 242 valence electrons. The van der Waals surface area contributed by atoms with Crippen LogP contribution >= 0.6 is 24.1 Å². The number of nitrogens with one attached hydrogen (secondary N) is 4. The molecule has 0 aliphatic carbocycles. The van der Waals surface area contributed by atoms with Crippen molar-refractivity contribution >= 4 is 46.8 Å². The van der Waals surface area contributed by atoms with Crippen LogP contribution in [-0.4, -0.2) is 50.9 Å². The number of aromatic amines is 4. The zero-order chi connectivity index (χ0) is 32.2. The minimum Gasteiger partial charge on any atom is -0.506 e. The van der Waals surface area contributed by atoms with Crippen molar-refractivity contribution in [3.8, 4) is 23.3 Å². The van der Waals surface area contributed by atoms with Gasteiger partial charge in [0.05, 0.1) is 24.1 Å². The molecule has 0 bridgehead atoms. The van der Waals surface area contributed by atoms with E-state index in [1.165, 1.54) is 36.4 Å². The number of azo groups is 2. The molecular formula is C20H16N8NiO14S2. The second-order valence-electron chi connectivity index (χ2n) is 7.36. The predicted molar refractivity (Wildman–Crippen MR) is 145 cm³/mol. The van der Waals surface area contributed by atoms with E-state index in [0.29, 0.717) is 33.9 Å². The summed E-state index contributed by atoms with van der Waals surface area (Å²) < 4.78 is 8.42. The third-order valence-corrected chi connectivity index (χ3v) is 5.68. The van der Waals surface area contributed by atoms with Gasteiger partial charge in [0.1, 0.15) is 22.9 Å². The molecule has 2 heterocycles. The van der Waals surface area contributed by atoms with Crippen molar-refractivity contribution in [2.75, 3.05) is 0 Å². The molecule has 25 heteroatoms. The van der Waals surface area contributed by atoms with Gasteiger partial charge in [0.2, 0.25) is 23.1 Å². The monoisotopic (exact) mass is 714 g/mol. The average Bonchev–Trinajstić information content (AvgIpc) is 2.96. The number of hydrogen-bond acceptors (Lipinski definition) is 20. The quantitative estimate of drug-likeness (QED) is 0.0371. The molecule has 0 spiro atoms. The Morgan fingerprint density at radius 1 is 0.578 bits per heavy atom. The van der Waals surface area contributed by atoms with Gasteiger partial charge in [-0.3, -0.25) is 29.5 Å². The van der Waals surface area contributed by atoms with Crippen LogP contribution in [0, 0.1) is 0 Å². The van der Waals surface area contributed by atoms with Crippen LogP contribution in [0.25, 0.3) is 0 Å². The molecule has 0 saturated carbocycles. The summed E-state index contributed by atoms with van der Waals surface area (Å²) in [5.41, 5.74) is -4.89. The van der Waals surface area contributed by atoms with E-state index < -0.39 is 45.6 Å². The molecule has 0 radical (unpaired) electrons. The average molecular weight is 715 g/mol. The summed E-state index contributed by atoms with van der Waals surface area (Å²) in [5, 5.41) is 75.2. The Bertz CT molecular complexity index is 1780. The topological polar surface area (TPSA) is 339 Å². The van der Waals surface area contributed by atoms with Crippen LogP contribution in [0.15, 0.2) is 85.8 Å². The van der Waals surface area contributed by atoms with Crippen molar-refractivity contribution in [3.05, 3.63) is 78.1 Å². The second-order valence-corrected chi connectivity index (χ2v) is 8.91. The fourth-order valence-electron chi connectivity index (χ4n) is 2.71. The second kappa shape index (κ2) is 17.4. The Kier molecular flexibility index (Phi) is 14.1. The Hall–Kier alpha value is -4.85. The number of nitrogens with zero attached hydrogens (tertiary/aromatic N) is 4. The van der Waals surface area contributed by atoms with Gasteiger partial charge >= 0.3 is 11.4 Å². The smallest absolute Gasteiger partial charge is 0.328 e. The first-order chi connectivity index (χ1) is 21.0. The molecule has 22 nitrogen and oxygen atoms in total. The third-order valence-electron chi connectivity index (χ3n) is 4.53. The zero-order valence-corrected chi connectivity index (χ0v) is 24.0. The largest absolute Gasteiger partial charge is 0.506 e. The molecule has 0 amide bonds. The number of benzene rings is 2. The first kappa shape index (κ1) is 36.3. The number of rotatable bonds is 10. The van der Waals surface area contributed by atoms with Gasteiger partial charge in [-0.2, -0.15) is 0 Å². The molecular weight excluding hydrogens is 699 g/mol. The van der Waals surface area contributed by atoms with Crippen LogP contribution in [-0.2, 0) is 35.2 Å². The number of aromatic hydroxyl groups is 4. The van der Waals surface area contributed by atoms with Gasteiger partial charge in [-0.15, -0.1) is 29.1 Å². The Morgan fingerprint density at radius 3 is 1.29 bits per heavy atom. The number of hydrogen-bond donors (Lipinski definition) is 10. The van der Waals surface area contributed by atoms with Gasteiger partial charge in [0, 0.05) is 26.3 Å². The van der Waals surface area contributed by atoms with Crippen molar-refractivity contribution in [2.45, 2.75) is 9.79 Å². The van der Waals surface area contributed by atoms with Crippen LogP contribution < -0.4 is 22.5 Å². The fraction of sp³-hybridized carbons (Fsp3) is 0. The summed E-state index contributed by atoms with van der Waals surface area (Å²) >= 11 is 1.25. The molecule has 2 aromatic carbocycles. The molecule has 2 aromatic heterocycles. The van der Waals surface area contributed by atoms with Crippen molar-refractivity contribution in [3.63, 3.8) is 0 Å². The molecule has 45 heavy (non-hydrogen) atoms. The van der Waals surface area contributed by atoms with E-state index in [9.17, 15) is 39.6 Å². The summed E-state index contributed by atoms with van der Waals surface area (Å²) in [7, 11) is 0. The first-order valence-corrected chi connectivity index (χ1v) is 12.4. The van der Waals surface area contributed by atoms with Gasteiger partial charge in [0.25, 0.3) is 11.1 Å². The third kappa shape index (κ3) is 10.7. The van der Waals surface area contributed by atoms with Crippen molar-refractivity contribution in [1.29, 1.82) is 0 Å². The van der Waals surface area contributed by atoms with E-state index >= 15 is 0 Å². The van der Waals surface area contributed by atoms with Crippen LogP contribution in [0.2, 0.25) is 0 Å². The van der Waals surface area contributed by atoms with Crippen LogP contribution in [0.3, 0.4) is 0 Å². The maximum Gasteiger partial charge on any atom is 0.328 e.